The highest BCUT2D eigenvalue weighted by molar-refractivity contribution is 6.07. The van der Waals surface area contributed by atoms with Crippen molar-refractivity contribution in [3.05, 3.63) is 77.4 Å². The van der Waals surface area contributed by atoms with E-state index in [-0.39, 0.29) is 5.41 Å². The smallest absolute Gasteiger partial charge is 0.130 e. The van der Waals surface area contributed by atoms with Crippen molar-refractivity contribution in [2.75, 3.05) is 14.2 Å². The Morgan fingerprint density at radius 2 is 1.55 bits per heavy atom. The molecule has 4 atom stereocenters. The number of aromatic hydroxyl groups is 1. The first-order valence-electron chi connectivity index (χ1n) is 15.9. The molecule has 4 aromatic rings. The normalized spacial score (nSPS) is 29.4. The number of ether oxygens (including phenoxy) is 2. The zero-order valence-corrected chi connectivity index (χ0v) is 25.6. The third kappa shape index (κ3) is 3.23. The summed E-state index contributed by atoms with van der Waals surface area (Å²) < 4.78 is 11.4. The van der Waals surface area contributed by atoms with E-state index in [2.05, 4.69) is 69.3 Å². The van der Waals surface area contributed by atoms with Gasteiger partial charge in [-0.1, -0.05) is 64.3 Å². The maximum absolute atomic E-state index is 11.9. The Bertz CT molecular complexity index is 1760. The fraction of sp³-hybridized carbons (Fsp3) is 0.436. The maximum atomic E-state index is 11.9. The second kappa shape index (κ2) is 8.78. The van der Waals surface area contributed by atoms with Gasteiger partial charge >= 0.3 is 0 Å². The van der Waals surface area contributed by atoms with Gasteiger partial charge in [0.2, 0.25) is 0 Å². The summed E-state index contributed by atoms with van der Waals surface area (Å²) in [4.78, 5) is 0. The lowest BCUT2D eigenvalue weighted by atomic mass is 9.66. The molecule has 216 valence electrons. The average molecular weight is 559 g/mol. The predicted octanol–water partition coefficient (Wildman–Crippen LogP) is 10.00. The van der Waals surface area contributed by atoms with Crippen LogP contribution < -0.4 is 9.47 Å². The molecular weight excluding hydrogens is 516 g/mol. The van der Waals surface area contributed by atoms with Crippen molar-refractivity contribution in [2.45, 2.75) is 77.0 Å². The summed E-state index contributed by atoms with van der Waals surface area (Å²) in [6.45, 7) is 7.48. The van der Waals surface area contributed by atoms with Gasteiger partial charge in [-0.25, -0.2) is 0 Å². The number of phenolic OH excluding ortho intramolecular Hbond substituents is 1. The third-order valence-electron chi connectivity index (χ3n) is 12.6. The molecular formula is C39H42O3. The van der Waals surface area contributed by atoms with Crippen molar-refractivity contribution < 1.29 is 14.6 Å². The number of hydrogen-bond acceptors (Lipinski definition) is 3. The lowest BCUT2D eigenvalue weighted by Gasteiger charge is -2.37. The third-order valence-corrected chi connectivity index (χ3v) is 12.6. The second-order valence-electron chi connectivity index (χ2n) is 14.3. The molecule has 0 amide bonds. The summed E-state index contributed by atoms with van der Waals surface area (Å²) in [5, 5.41) is 14.0. The van der Waals surface area contributed by atoms with Gasteiger partial charge in [0.1, 0.15) is 17.2 Å². The Kier molecular flexibility index (Phi) is 5.48. The van der Waals surface area contributed by atoms with Crippen LogP contribution in [-0.4, -0.2) is 19.3 Å². The first kappa shape index (κ1) is 26.2. The molecule has 3 fully saturated rings. The Morgan fingerprint density at radius 1 is 0.762 bits per heavy atom. The van der Waals surface area contributed by atoms with Gasteiger partial charge in [-0.05, 0) is 117 Å². The first-order valence-corrected chi connectivity index (χ1v) is 15.9. The van der Waals surface area contributed by atoms with Crippen molar-refractivity contribution >= 4 is 10.8 Å². The quantitative estimate of drug-likeness (QED) is 0.271. The van der Waals surface area contributed by atoms with Crippen LogP contribution in [0.4, 0.5) is 0 Å². The molecule has 0 aromatic heterocycles. The largest absolute Gasteiger partial charge is 0.507 e. The van der Waals surface area contributed by atoms with E-state index in [1.807, 2.05) is 12.1 Å². The molecule has 4 unspecified atom stereocenters. The number of benzene rings is 4. The van der Waals surface area contributed by atoms with Gasteiger partial charge in [0.15, 0.2) is 0 Å². The van der Waals surface area contributed by atoms with E-state index in [4.69, 9.17) is 9.47 Å². The van der Waals surface area contributed by atoms with Gasteiger partial charge < -0.3 is 14.6 Å². The highest BCUT2D eigenvalue weighted by Crippen LogP contribution is 2.83. The monoisotopic (exact) mass is 558 g/mol. The van der Waals surface area contributed by atoms with Gasteiger partial charge in [-0.15, -0.1) is 0 Å². The van der Waals surface area contributed by atoms with E-state index in [1.165, 1.54) is 77.3 Å². The van der Waals surface area contributed by atoms with Gasteiger partial charge in [0.05, 0.1) is 14.2 Å². The first-order chi connectivity index (χ1) is 20.3. The Balaban J connectivity index is 1.43. The van der Waals surface area contributed by atoms with E-state index in [1.54, 1.807) is 14.2 Å². The van der Waals surface area contributed by atoms with Crippen LogP contribution in [0.1, 0.15) is 88.3 Å². The van der Waals surface area contributed by atoms with Gasteiger partial charge in [0, 0.05) is 22.4 Å². The SMILES string of the molecule is COc1ccc(-c2cc3c(O)cc4c(c3cc2C2CCCCC2)-c2ccccc2C42CC3(C)CC3(C)C2C)c(OC)c1. The van der Waals surface area contributed by atoms with E-state index in [9.17, 15) is 5.11 Å². The van der Waals surface area contributed by atoms with Crippen LogP contribution in [0.15, 0.2) is 60.7 Å². The van der Waals surface area contributed by atoms with Crippen LogP contribution in [0, 0.1) is 16.7 Å². The van der Waals surface area contributed by atoms with E-state index < -0.39 is 0 Å². The minimum Gasteiger partial charge on any atom is -0.507 e. The zero-order valence-electron chi connectivity index (χ0n) is 25.6. The van der Waals surface area contributed by atoms with Crippen LogP contribution >= 0.6 is 0 Å². The van der Waals surface area contributed by atoms with Crippen molar-refractivity contribution in [1.82, 2.24) is 0 Å². The summed E-state index contributed by atoms with van der Waals surface area (Å²) in [6.07, 6.45) is 8.70. The van der Waals surface area contributed by atoms with E-state index in [0.717, 1.165) is 28.9 Å². The molecule has 0 radical (unpaired) electrons. The average Bonchev–Trinajstić information content (AvgIpc) is 3.40. The Morgan fingerprint density at radius 3 is 2.26 bits per heavy atom. The lowest BCUT2D eigenvalue weighted by Crippen LogP contribution is -2.33. The van der Waals surface area contributed by atoms with Crippen molar-refractivity contribution in [3.8, 4) is 39.5 Å². The fourth-order valence-electron chi connectivity index (χ4n) is 10.0. The molecule has 3 heteroatoms. The minimum atomic E-state index is -0.0533. The van der Waals surface area contributed by atoms with Crippen molar-refractivity contribution in [1.29, 1.82) is 0 Å². The Labute approximate surface area is 249 Å². The van der Waals surface area contributed by atoms with Crippen LogP contribution in [0.3, 0.4) is 0 Å². The molecule has 42 heavy (non-hydrogen) atoms. The number of methoxy groups -OCH3 is 2. The van der Waals surface area contributed by atoms with Gasteiger partial charge in [0.25, 0.3) is 0 Å². The molecule has 1 spiro atoms. The Hall–Kier alpha value is -3.46. The van der Waals surface area contributed by atoms with Crippen molar-refractivity contribution in [2.24, 2.45) is 16.7 Å². The van der Waals surface area contributed by atoms with Crippen LogP contribution in [-0.2, 0) is 5.41 Å². The van der Waals surface area contributed by atoms with Gasteiger partial charge in [-0.2, -0.15) is 0 Å². The molecule has 0 saturated heterocycles. The highest BCUT2D eigenvalue weighted by Gasteiger charge is 2.76. The molecule has 1 N–H and O–H groups in total. The molecule has 0 bridgehead atoms. The number of phenols is 1. The van der Waals surface area contributed by atoms with Crippen LogP contribution in [0.25, 0.3) is 33.0 Å². The van der Waals surface area contributed by atoms with E-state index >= 15 is 0 Å². The van der Waals surface area contributed by atoms with Gasteiger partial charge in [-0.3, -0.25) is 0 Å². The lowest BCUT2D eigenvalue weighted by molar-refractivity contribution is 0.288. The number of hydrogen-bond donors (Lipinski definition) is 1. The molecule has 3 saturated carbocycles. The fourth-order valence-corrected chi connectivity index (χ4v) is 10.0. The van der Waals surface area contributed by atoms with Crippen LogP contribution in [0.2, 0.25) is 0 Å². The molecule has 4 aliphatic carbocycles. The summed E-state index contributed by atoms with van der Waals surface area (Å²) in [7, 11) is 3.42. The molecule has 0 aliphatic heterocycles. The van der Waals surface area contributed by atoms with Crippen molar-refractivity contribution in [3.63, 3.8) is 0 Å². The van der Waals surface area contributed by atoms with E-state index in [0.29, 0.717) is 28.4 Å². The zero-order chi connectivity index (χ0) is 29.0. The summed E-state index contributed by atoms with van der Waals surface area (Å²) in [5.74, 6) is 2.97. The second-order valence-corrected chi connectivity index (χ2v) is 14.3. The highest BCUT2D eigenvalue weighted by atomic mass is 16.5. The summed E-state index contributed by atoms with van der Waals surface area (Å²) in [6, 6.07) is 22.1. The number of rotatable bonds is 4. The number of fused-ring (bicyclic) bond motifs is 8. The molecule has 4 aromatic carbocycles. The topological polar surface area (TPSA) is 38.7 Å². The van der Waals surface area contributed by atoms with Crippen LogP contribution in [0.5, 0.6) is 17.2 Å². The maximum Gasteiger partial charge on any atom is 0.130 e. The predicted molar refractivity (Wildman–Crippen MR) is 171 cm³/mol. The standard InChI is InChI=1S/C39H42O3/c1-23-38(3)21-37(38,2)22-39(23)32-14-10-9-13-27(32)36-31-18-28(24-11-7-6-8-12-24)29(19-30(31)34(40)20-33(36)39)26-16-15-25(41-4)17-35(26)42-5/h9-10,13-20,23-24,40H,6-8,11-12,21-22H2,1-5H3. The summed E-state index contributed by atoms with van der Waals surface area (Å²) >= 11 is 0. The minimum absolute atomic E-state index is 0.0533. The summed E-state index contributed by atoms with van der Waals surface area (Å²) in [5.41, 5.74) is 9.78. The molecule has 8 rings (SSSR count). The molecule has 3 nitrogen and oxygen atoms in total. The molecule has 4 aliphatic rings. The molecule has 0 heterocycles.